The molecule has 0 saturated carbocycles. The van der Waals surface area contributed by atoms with Crippen molar-refractivity contribution in [2.24, 2.45) is 5.10 Å². The molecular weight excluding hydrogens is 308 g/mol. The van der Waals surface area contributed by atoms with Crippen LogP contribution >= 0.6 is 0 Å². The SMILES string of the molecule is Cc1cccc(/C=N/NC(=O)C(c2ccccc2)c2ccccc2)c1. The molecular formula is C22H20N2O. The highest BCUT2D eigenvalue weighted by Crippen LogP contribution is 2.24. The van der Waals surface area contributed by atoms with Gasteiger partial charge in [0.25, 0.3) is 5.91 Å². The fourth-order valence-corrected chi connectivity index (χ4v) is 2.77. The average Bonchev–Trinajstić information content (AvgIpc) is 2.64. The molecule has 0 aliphatic carbocycles. The highest BCUT2D eigenvalue weighted by atomic mass is 16.2. The zero-order chi connectivity index (χ0) is 17.5. The van der Waals surface area contributed by atoms with Gasteiger partial charge in [0.1, 0.15) is 0 Å². The maximum absolute atomic E-state index is 12.8. The molecule has 0 fully saturated rings. The van der Waals surface area contributed by atoms with Gasteiger partial charge in [0, 0.05) is 0 Å². The third kappa shape index (κ3) is 4.42. The number of carbonyl (C=O) groups is 1. The fourth-order valence-electron chi connectivity index (χ4n) is 2.77. The van der Waals surface area contributed by atoms with Gasteiger partial charge in [0.15, 0.2) is 0 Å². The van der Waals surface area contributed by atoms with Gasteiger partial charge in [-0.2, -0.15) is 5.10 Å². The van der Waals surface area contributed by atoms with Crippen molar-refractivity contribution < 1.29 is 4.79 Å². The molecule has 3 nitrogen and oxygen atoms in total. The normalized spacial score (nSPS) is 11.0. The Balaban J connectivity index is 1.80. The molecule has 0 bridgehead atoms. The van der Waals surface area contributed by atoms with Crippen molar-refractivity contribution in [3.8, 4) is 0 Å². The van der Waals surface area contributed by atoms with Gasteiger partial charge in [-0.15, -0.1) is 0 Å². The minimum absolute atomic E-state index is 0.152. The van der Waals surface area contributed by atoms with Crippen LogP contribution in [0.1, 0.15) is 28.2 Å². The predicted octanol–water partition coefficient (Wildman–Crippen LogP) is 4.28. The van der Waals surface area contributed by atoms with Crippen LogP contribution in [0.4, 0.5) is 0 Å². The van der Waals surface area contributed by atoms with Gasteiger partial charge in [-0.05, 0) is 23.6 Å². The number of hydrogen-bond acceptors (Lipinski definition) is 2. The Bertz CT molecular complexity index is 818. The Morgan fingerprint density at radius 1 is 0.880 bits per heavy atom. The highest BCUT2D eigenvalue weighted by Gasteiger charge is 2.22. The van der Waals surface area contributed by atoms with E-state index in [2.05, 4.69) is 10.5 Å². The average molecular weight is 328 g/mol. The fraction of sp³-hybridized carbons (Fsp3) is 0.0909. The molecule has 0 aromatic heterocycles. The minimum atomic E-state index is -0.392. The van der Waals surface area contributed by atoms with Crippen LogP contribution in [0, 0.1) is 6.92 Å². The lowest BCUT2D eigenvalue weighted by Gasteiger charge is -2.16. The molecule has 0 saturated heterocycles. The molecule has 0 aliphatic rings. The summed E-state index contributed by atoms with van der Waals surface area (Å²) in [5, 5.41) is 4.13. The third-order valence-corrected chi connectivity index (χ3v) is 3.96. The van der Waals surface area contributed by atoms with Crippen molar-refractivity contribution in [2.45, 2.75) is 12.8 Å². The Morgan fingerprint density at radius 3 is 2.04 bits per heavy atom. The molecule has 0 unspecified atom stereocenters. The quantitative estimate of drug-likeness (QED) is 0.551. The number of amides is 1. The van der Waals surface area contributed by atoms with E-state index in [1.165, 1.54) is 0 Å². The largest absolute Gasteiger partial charge is 0.272 e. The van der Waals surface area contributed by atoms with Crippen LogP contribution in [0.3, 0.4) is 0 Å². The molecule has 1 N–H and O–H groups in total. The van der Waals surface area contributed by atoms with Gasteiger partial charge >= 0.3 is 0 Å². The molecule has 0 heterocycles. The Hall–Kier alpha value is -3.20. The van der Waals surface area contributed by atoms with E-state index < -0.39 is 5.92 Å². The second-order valence-electron chi connectivity index (χ2n) is 5.90. The molecule has 1 amide bonds. The van der Waals surface area contributed by atoms with E-state index in [1.54, 1.807) is 6.21 Å². The molecule has 0 atom stereocenters. The van der Waals surface area contributed by atoms with Crippen molar-refractivity contribution in [2.75, 3.05) is 0 Å². The lowest BCUT2D eigenvalue weighted by Crippen LogP contribution is -2.26. The second kappa shape index (κ2) is 8.06. The van der Waals surface area contributed by atoms with Gasteiger partial charge in [-0.25, -0.2) is 5.43 Å². The van der Waals surface area contributed by atoms with Gasteiger partial charge in [0.05, 0.1) is 12.1 Å². The predicted molar refractivity (Wildman–Crippen MR) is 102 cm³/mol. The summed E-state index contributed by atoms with van der Waals surface area (Å²) in [6, 6.07) is 27.4. The summed E-state index contributed by atoms with van der Waals surface area (Å²) in [5.74, 6) is -0.543. The number of nitrogens with one attached hydrogen (secondary N) is 1. The van der Waals surface area contributed by atoms with Crippen molar-refractivity contribution in [3.63, 3.8) is 0 Å². The molecule has 3 aromatic rings. The van der Waals surface area contributed by atoms with E-state index >= 15 is 0 Å². The maximum atomic E-state index is 12.8. The van der Waals surface area contributed by atoms with Crippen molar-refractivity contribution in [3.05, 3.63) is 107 Å². The first kappa shape index (κ1) is 16.7. The number of benzene rings is 3. The number of carbonyl (C=O) groups excluding carboxylic acids is 1. The van der Waals surface area contributed by atoms with Crippen LogP contribution in [-0.4, -0.2) is 12.1 Å². The Morgan fingerprint density at radius 2 is 1.48 bits per heavy atom. The summed E-state index contributed by atoms with van der Waals surface area (Å²) >= 11 is 0. The van der Waals surface area contributed by atoms with Gasteiger partial charge in [-0.3, -0.25) is 4.79 Å². The zero-order valence-corrected chi connectivity index (χ0v) is 14.1. The van der Waals surface area contributed by atoms with Crippen LogP contribution in [0.15, 0.2) is 90.0 Å². The van der Waals surface area contributed by atoms with E-state index in [1.807, 2.05) is 91.9 Å². The van der Waals surface area contributed by atoms with Gasteiger partial charge in [-0.1, -0.05) is 90.5 Å². The van der Waals surface area contributed by atoms with E-state index in [4.69, 9.17) is 0 Å². The van der Waals surface area contributed by atoms with Crippen molar-refractivity contribution in [1.29, 1.82) is 0 Å². The van der Waals surface area contributed by atoms with Crippen LogP contribution in [0.25, 0.3) is 0 Å². The monoisotopic (exact) mass is 328 g/mol. The molecule has 124 valence electrons. The molecule has 0 aliphatic heterocycles. The number of nitrogens with zero attached hydrogens (tertiary/aromatic N) is 1. The summed E-state index contributed by atoms with van der Waals surface area (Å²) in [4.78, 5) is 12.8. The first-order valence-corrected chi connectivity index (χ1v) is 8.23. The lowest BCUT2D eigenvalue weighted by molar-refractivity contribution is -0.121. The Labute approximate surface area is 148 Å². The van der Waals surface area contributed by atoms with Crippen LogP contribution in [0.2, 0.25) is 0 Å². The smallest absolute Gasteiger partial charge is 0.252 e. The summed E-state index contributed by atoms with van der Waals surface area (Å²) in [6.07, 6.45) is 1.66. The molecule has 25 heavy (non-hydrogen) atoms. The first-order valence-electron chi connectivity index (χ1n) is 8.23. The molecule has 0 radical (unpaired) electrons. The number of hydrogen-bond donors (Lipinski definition) is 1. The number of aryl methyl sites for hydroxylation is 1. The topological polar surface area (TPSA) is 41.5 Å². The van der Waals surface area contributed by atoms with E-state index in [0.717, 1.165) is 22.3 Å². The minimum Gasteiger partial charge on any atom is -0.272 e. The maximum Gasteiger partial charge on any atom is 0.252 e. The van der Waals surface area contributed by atoms with Gasteiger partial charge < -0.3 is 0 Å². The molecule has 3 rings (SSSR count). The van der Waals surface area contributed by atoms with E-state index in [-0.39, 0.29) is 5.91 Å². The summed E-state index contributed by atoms with van der Waals surface area (Å²) in [7, 11) is 0. The summed E-state index contributed by atoms with van der Waals surface area (Å²) < 4.78 is 0. The zero-order valence-electron chi connectivity index (χ0n) is 14.1. The first-order chi connectivity index (χ1) is 12.2. The Kier molecular flexibility index (Phi) is 5.37. The molecule has 3 aromatic carbocycles. The second-order valence-corrected chi connectivity index (χ2v) is 5.90. The number of rotatable bonds is 5. The van der Waals surface area contributed by atoms with Gasteiger partial charge in [0.2, 0.25) is 0 Å². The molecule has 3 heteroatoms. The summed E-state index contributed by atoms with van der Waals surface area (Å²) in [5.41, 5.74) is 6.67. The highest BCUT2D eigenvalue weighted by molar-refractivity contribution is 5.88. The number of hydrazone groups is 1. The van der Waals surface area contributed by atoms with Crippen molar-refractivity contribution in [1.82, 2.24) is 5.43 Å². The summed E-state index contributed by atoms with van der Waals surface area (Å²) in [6.45, 7) is 2.02. The third-order valence-electron chi connectivity index (χ3n) is 3.96. The van der Waals surface area contributed by atoms with Crippen LogP contribution in [-0.2, 0) is 4.79 Å². The lowest BCUT2D eigenvalue weighted by atomic mass is 9.91. The van der Waals surface area contributed by atoms with E-state index in [9.17, 15) is 4.79 Å². The van der Waals surface area contributed by atoms with E-state index in [0.29, 0.717) is 0 Å². The van der Waals surface area contributed by atoms with Crippen molar-refractivity contribution >= 4 is 12.1 Å². The van der Waals surface area contributed by atoms with Crippen LogP contribution < -0.4 is 5.43 Å². The molecule has 0 spiro atoms. The standard InChI is InChI=1S/C22H20N2O/c1-17-9-8-10-18(15-17)16-23-24-22(25)21(19-11-4-2-5-12-19)20-13-6-3-7-14-20/h2-16,21H,1H3,(H,24,25)/b23-16+. The van der Waals surface area contributed by atoms with Crippen LogP contribution in [0.5, 0.6) is 0 Å².